The summed E-state index contributed by atoms with van der Waals surface area (Å²) in [5, 5.41) is 3.53. The maximum absolute atomic E-state index is 11.8. The molecule has 6 heteroatoms. The summed E-state index contributed by atoms with van der Waals surface area (Å²) in [4.78, 5) is 16.0. The van der Waals surface area contributed by atoms with Gasteiger partial charge < -0.3 is 14.8 Å². The zero-order valence-corrected chi connectivity index (χ0v) is 14.3. The van der Waals surface area contributed by atoms with Crippen molar-refractivity contribution in [1.29, 1.82) is 0 Å². The highest BCUT2D eigenvalue weighted by atomic mass is 35.5. The van der Waals surface area contributed by atoms with Crippen LogP contribution in [0.4, 0.5) is 5.82 Å². The Hall–Kier alpha value is -2.27. The number of pyridine rings is 1. The quantitative estimate of drug-likeness (QED) is 0.641. The lowest BCUT2D eigenvalue weighted by Gasteiger charge is -2.14. The molecule has 0 saturated carbocycles. The molecule has 2 aromatic rings. The molecule has 0 radical (unpaired) electrons. The fourth-order valence-corrected chi connectivity index (χ4v) is 2.31. The third-order valence-corrected chi connectivity index (χ3v) is 3.85. The molecule has 1 N–H and O–H groups in total. The number of methoxy groups -OCH3 is 2. The Bertz CT molecular complexity index is 732. The highest BCUT2D eigenvalue weighted by Crippen LogP contribution is 2.27. The molecule has 0 spiro atoms. The zero-order chi connectivity index (χ0) is 17.0. The zero-order valence-electron chi connectivity index (χ0n) is 13.6. The Morgan fingerprint density at radius 2 is 2.00 bits per heavy atom. The van der Waals surface area contributed by atoms with Crippen LogP contribution in [0.2, 0.25) is 5.15 Å². The second-order valence-corrected chi connectivity index (χ2v) is 5.44. The first-order valence-electron chi connectivity index (χ1n) is 7.09. The normalized spacial score (nSPS) is 10.3. The molecule has 0 fully saturated rings. The van der Waals surface area contributed by atoms with Crippen LogP contribution in [0.3, 0.4) is 0 Å². The van der Waals surface area contributed by atoms with Crippen LogP contribution in [0.15, 0.2) is 24.3 Å². The third kappa shape index (κ3) is 3.93. The average molecular weight is 335 g/mol. The lowest BCUT2D eigenvalue weighted by atomic mass is 10.1. The summed E-state index contributed by atoms with van der Waals surface area (Å²) in [6.07, 6.45) is 0. The van der Waals surface area contributed by atoms with Gasteiger partial charge in [0.15, 0.2) is 5.78 Å². The number of halogens is 1. The molecule has 0 aliphatic heterocycles. The summed E-state index contributed by atoms with van der Waals surface area (Å²) in [6, 6.07) is 7.29. The fourth-order valence-electron chi connectivity index (χ4n) is 2.17. The van der Waals surface area contributed by atoms with Crippen LogP contribution in [0.25, 0.3) is 0 Å². The van der Waals surface area contributed by atoms with E-state index in [0.29, 0.717) is 34.6 Å². The smallest absolute Gasteiger partial charge is 0.163 e. The molecule has 2 rings (SSSR count). The maximum Gasteiger partial charge on any atom is 0.163 e. The molecule has 0 unspecified atom stereocenters. The van der Waals surface area contributed by atoms with Crippen LogP contribution in [0.5, 0.6) is 11.5 Å². The van der Waals surface area contributed by atoms with E-state index < -0.39 is 0 Å². The highest BCUT2D eigenvalue weighted by Gasteiger charge is 2.13. The van der Waals surface area contributed by atoms with E-state index >= 15 is 0 Å². The molecule has 0 saturated heterocycles. The van der Waals surface area contributed by atoms with Gasteiger partial charge in [0, 0.05) is 18.2 Å². The predicted octanol–water partition coefficient (Wildman–Crippen LogP) is 3.88. The van der Waals surface area contributed by atoms with E-state index in [9.17, 15) is 4.79 Å². The number of benzene rings is 1. The van der Waals surface area contributed by atoms with Gasteiger partial charge in [-0.15, -0.1) is 0 Å². The number of rotatable bonds is 6. The van der Waals surface area contributed by atoms with E-state index in [2.05, 4.69) is 10.3 Å². The van der Waals surface area contributed by atoms with E-state index in [-0.39, 0.29) is 5.78 Å². The standard InChI is InChI=1S/C17H19ClN2O3/c1-10-7-14(11(2)21)17(20-16(10)18)19-9-12-5-6-13(22-3)8-15(12)23-4/h5-8H,9H2,1-4H3,(H,19,20). The molecular weight excluding hydrogens is 316 g/mol. The lowest BCUT2D eigenvalue weighted by molar-refractivity contribution is 0.101. The number of carbonyl (C=O) groups excluding carboxylic acids is 1. The van der Waals surface area contributed by atoms with E-state index in [0.717, 1.165) is 11.1 Å². The first-order chi connectivity index (χ1) is 11.0. The van der Waals surface area contributed by atoms with Gasteiger partial charge in [0.1, 0.15) is 22.5 Å². The van der Waals surface area contributed by atoms with Crippen LogP contribution in [-0.4, -0.2) is 25.0 Å². The van der Waals surface area contributed by atoms with Crippen LogP contribution >= 0.6 is 11.6 Å². The highest BCUT2D eigenvalue weighted by molar-refractivity contribution is 6.30. The molecule has 122 valence electrons. The van der Waals surface area contributed by atoms with Crippen molar-refractivity contribution in [2.45, 2.75) is 20.4 Å². The first kappa shape index (κ1) is 17.1. The number of hydrogen-bond acceptors (Lipinski definition) is 5. The van der Waals surface area contributed by atoms with Crippen molar-refractivity contribution in [1.82, 2.24) is 4.98 Å². The first-order valence-corrected chi connectivity index (χ1v) is 7.47. The number of nitrogens with one attached hydrogen (secondary N) is 1. The number of aromatic nitrogens is 1. The van der Waals surface area contributed by atoms with E-state index in [1.165, 1.54) is 6.92 Å². The topological polar surface area (TPSA) is 60.5 Å². The average Bonchev–Trinajstić information content (AvgIpc) is 2.55. The van der Waals surface area contributed by atoms with Crippen molar-refractivity contribution in [2.24, 2.45) is 0 Å². The molecule has 1 heterocycles. The molecule has 5 nitrogen and oxygen atoms in total. The molecular formula is C17H19ClN2O3. The summed E-state index contributed by atoms with van der Waals surface area (Å²) >= 11 is 6.07. The second kappa shape index (κ2) is 7.33. The van der Waals surface area contributed by atoms with E-state index in [4.69, 9.17) is 21.1 Å². The molecule has 0 bridgehead atoms. The number of carbonyl (C=O) groups is 1. The number of aryl methyl sites for hydroxylation is 1. The Morgan fingerprint density at radius 3 is 2.61 bits per heavy atom. The van der Waals surface area contributed by atoms with Gasteiger partial charge in [0.25, 0.3) is 0 Å². The van der Waals surface area contributed by atoms with E-state index in [1.54, 1.807) is 26.4 Å². The predicted molar refractivity (Wildman–Crippen MR) is 90.9 cm³/mol. The maximum atomic E-state index is 11.8. The Morgan fingerprint density at radius 1 is 1.26 bits per heavy atom. The Balaban J connectivity index is 2.27. The fraction of sp³-hybridized carbons (Fsp3) is 0.294. The SMILES string of the molecule is COc1ccc(CNc2nc(Cl)c(C)cc2C(C)=O)c(OC)c1. The van der Waals surface area contributed by atoms with Crippen molar-refractivity contribution >= 4 is 23.2 Å². The van der Waals surface area contributed by atoms with Gasteiger partial charge in [0.05, 0.1) is 19.8 Å². The molecule has 23 heavy (non-hydrogen) atoms. The number of hydrogen-bond donors (Lipinski definition) is 1. The van der Waals surface area contributed by atoms with Crippen LogP contribution < -0.4 is 14.8 Å². The van der Waals surface area contributed by atoms with Gasteiger partial charge in [-0.25, -0.2) is 4.98 Å². The number of anilines is 1. The number of ether oxygens (including phenoxy) is 2. The van der Waals surface area contributed by atoms with Crippen LogP contribution in [0.1, 0.15) is 28.4 Å². The molecule has 0 atom stereocenters. The minimum atomic E-state index is -0.0681. The van der Waals surface area contributed by atoms with Gasteiger partial charge in [-0.3, -0.25) is 4.79 Å². The van der Waals surface area contributed by atoms with Gasteiger partial charge >= 0.3 is 0 Å². The van der Waals surface area contributed by atoms with Gasteiger partial charge in [-0.1, -0.05) is 11.6 Å². The summed E-state index contributed by atoms with van der Waals surface area (Å²) in [7, 11) is 3.20. The summed E-state index contributed by atoms with van der Waals surface area (Å²) in [5.74, 6) is 1.80. The summed E-state index contributed by atoms with van der Waals surface area (Å²) < 4.78 is 10.5. The molecule has 1 aromatic heterocycles. The largest absolute Gasteiger partial charge is 0.497 e. The van der Waals surface area contributed by atoms with Crippen molar-refractivity contribution in [3.8, 4) is 11.5 Å². The summed E-state index contributed by atoms with van der Waals surface area (Å²) in [6.45, 7) is 3.77. The molecule has 0 aliphatic carbocycles. The molecule has 0 amide bonds. The Labute approximate surface area is 140 Å². The van der Waals surface area contributed by atoms with Crippen LogP contribution in [0, 0.1) is 6.92 Å². The van der Waals surface area contributed by atoms with Gasteiger partial charge in [-0.05, 0) is 37.6 Å². The van der Waals surface area contributed by atoms with Gasteiger partial charge in [0.2, 0.25) is 0 Å². The monoisotopic (exact) mass is 334 g/mol. The number of ketones is 1. The van der Waals surface area contributed by atoms with Gasteiger partial charge in [-0.2, -0.15) is 0 Å². The minimum absolute atomic E-state index is 0.0681. The Kier molecular flexibility index (Phi) is 5.45. The van der Waals surface area contributed by atoms with Crippen molar-refractivity contribution in [2.75, 3.05) is 19.5 Å². The van der Waals surface area contributed by atoms with Crippen LogP contribution in [-0.2, 0) is 6.54 Å². The second-order valence-electron chi connectivity index (χ2n) is 5.08. The summed E-state index contributed by atoms with van der Waals surface area (Å²) in [5.41, 5.74) is 2.20. The molecule has 1 aromatic carbocycles. The minimum Gasteiger partial charge on any atom is -0.497 e. The van der Waals surface area contributed by atoms with E-state index in [1.807, 2.05) is 19.1 Å². The van der Waals surface area contributed by atoms with Crippen molar-refractivity contribution < 1.29 is 14.3 Å². The third-order valence-electron chi connectivity index (χ3n) is 3.47. The van der Waals surface area contributed by atoms with Crippen molar-refractivity contribution in [3.63, 3.8) is 0 Å². The molecule has 0 aliphatic rings. The number of Topliss-reactive ketones (excluding diaryl/α,β-unsaturated/α-hetero) is 1. The number of nitrogens with zero attached hydrogens (tertiary/aromatic N) is 1. The van der Waals surface area contributed by atoms with Crippen molar-refractivity contribution in [3.05, 3.63) is 46.1 Å². The lowest BCUT2D eigenvalue weighted by Crippen LogP contribution is -2.09.